The van der Waals surface area contributed by atoms with E-state index in [1.54, 1.807) is 12.1 Å². The lowest BCUT2D eigenvalue weighted by atomic mass is 10.2. The Morgan fingerprint density at radius 1 is 1.21 bits per heavy atom. The van der Waals surface area contributed by atoms with Gasteiger partial charge in [-0.1, -0.05) is 22.6 Å². The second-order valence-corrected chi connectivity index (χ2v) is 6.51. The van der Waals surface area contributed by atoms with Crippen LogP contribution >= 0.6 is 11.3 Å². The van der Waals surface area contributed by atoms with Crippen LogP contribution in [0.15, 0.2) is 42.9 Å². The molecule has 0 bridgehead atoms. The van der Waals surface area contributed by atoms with Gasteiger partial charge in [0.05, 0.1) is 11.9 Å². The fraction of sp³-hybridized carbons (Fsp3) is 0.0588. The van der Waals surface area contributed by atoms with Gasteiger partial charge in [-0.25, -0.2) is 15.0 Å². The number of nitriles is 1. The van der Waals surface area contributed by atoms with Gasteiger partial charge in [-0.05, 0) is 25.1 Å². The number of hydrogen-bond donors (Lipinski definition) is 1. The number of carbonyl (C=O) groups is 1. The van der Waals surface area contributed by atoms with Gasteiger partial charge in [-0.2, -0.15) is 9.94 Å². The van der Waals surface area contributed by atoms with E-state index in [0.717, 1.165) is 17.0 Å². The Morgan fingerprint density at radius 2 is 2.04 bits per heavy atom. The zero-order valence-electron chi connectivity index (χ0n) is 14.4. The molecule has 4 aromatic heterocycles. The topological polar surface area (TPSA) is 135 Å². The maximum absolute atomic E-state index is 12.7. The highest BCUT2D eigenvalue weighted by Gasteiger charge is 2.20. The number of hydrogen-bond acceptors (Lipinski definition) is 9. The Bertz CT molecular complexity index is 1190. The lowest BCUT2D eigenvalue weighted by molar-refractivity contribution is 0.101. The number of amides is 1. The summed E-state index contributed by atoms with van der Waals surface area (Å²) in [6, 6.07) is 9.20. The van der Waals surface area contributed by atoms with Crippen LogP contribution in [0.2, 0.25) is 0 Å². The predicted octanol–water partition coefficient (Wildman–Crippen LogP) is 2.01. The summed E-state index contributed by atoms with van der Waals surface area (Å²) < 4.78 is 1.22. The first-order valence-corrected chi connectivity index (χ1v) is 8.82. The van der Waals surface area contributed by atoms with Crippen LogP contribution in [0.25, 0.3) is 17.3 Å². The molecule has 0 aliphatic carbocycles. The molecule has 1 amide bonds. The second kappa shape index (κ2) is 7.29. The number of aromatic nitrogens is 7. The van der Waals surface area contributed by atoms with E-state index in [1.165, 1.54) is 23.3 Å². The molecule has 4 rings (SSSR count). The second-order valence-electron chi connectivity index (χ2n) is 5.51. The summed E-state index contributed by atoms with van der Waals surface area (Å²) in [6.07, 6.45) is 4.37. The van der Waals surface area contributed by atoms with Crippen molar-refractivity contribution in [3.05, 3.63) is 59.1 Å². The molecule has 0 spiro atoms. The monoisotopic (exact) mass is 389 g/mol. The standard InChI is InChI=1S/C17H11N9OS/c1-10-4-2-5-11(22-10)14-13(8-18)28-17(23-14)24-15(27)12-9-21-25-26(12)16-19-6-3-7-20-16/h2-7,9H,1H3,(H,23,24,27). The summed E-state index contributed by atoms with van der Waals surface area (Å²) in [5.74, 6) is -0.286. The van der Waals surface area contributed by atoms with Crippen LogP contribution in [0.4, 0.5) is 5.13 Å². The van der Waals surface area contributed by atoms with Gasteiger partial charge in [-0.3, -0.25) is 15.1 Å². The summed E-state index contributed by atoms with van der Waals surface area (Å²) in [6.45, 7) is 1.85. The SMILES string of the molecule is Cc1cccc(-c2nc(NC(=O)c3cnnn3-c3ncccn3)sc2C#N)n1. The minimum absolute atomic E-state index is 0.134. The van der Waals surface area contributed by atoms with Crippen molar-refractivity contribution in [1.82, 2.24) is 34.9 Å². The molecule has 4 heterocycles. The fourth-order valence-electron chi connectivity index (χ4n) is 2.40. The molecule has 0 radical (unpaired) electrons. The van der Waals surface area contributed by atoms with Gasteiger partial charge in [0.2, 0.25) is 0 Å². The van der Waals surface area contributed by atoms with Gasteiger partial charge >= 0.3 is 0 Å². The number of aryl methyl sites for hydroxylation is 1. The molecule has 28 heavy (non-hydrogen) atoms. The highest BCUT2D eigenvalue weighted by atomic mass is 32.1. The number of anilines is 1. The van der Waals surface area contributed by atoms with Crippen molar-refractivity contribution in [1.29, 1.82) is 5.26 Å². The van der Waals surface area contributed by atoms with E-state index in [4.69, 9.17) is 0 Å². The van der Waals surface area contributed by atoms with Crippen molar-refractivity contribution in [2.24, 2.45) is 0 Å². The predicted molar refractivity (Wildman–Crippen MR) is 99.7 cm³/mol. The molecule has 1 N–H and O–H groups in total. The number of nitrogens with zero attached hydrogens (tertiary/aromatic N) is 8. The van der Waals surface area contributed by atoms with Crippen LogP contribution in [0.1, 0.15) is 21.1 Å². The maximum atomic E-state index is 12.7. The third-order valence-corrected chi connectivity index (χ3v) is 4.48. The molecule has 0 atom stereocenters. The third kappa shape index (κ3) is 3.31. The van der Waals surface area contributed by atoms with E-state index < -0.39 is 5.91 Å². The van der Waals surface area contributed by atoms with Gasteiger partial charge in [0.1, 0.15) is 16.6 Å². The van der Waals surface area contributed by atoms with Gasteiger partial charge in [0.15, 0.2) is 10.8 Å². The largest absolute Gasteiger partial charge is 0.296 e. The Hall–Kier alpha value is -4.04. The highest BCUT2D eigenvalue weighted by molar-refractivity contribution is 7.16. The average molecular weight is 389 g/mol. The van der Waals surface area contributed by atoms with E-state index in [9.17, 15) is 10.1 Å². The average Bonchev–Trinajstić information content (AvgIpc) is 3.35. The molecule has 11 heteroatoms. The molecule has 0 saturated heterocycles. The van der Waals surface area contributed by atoms with Crippen molar-refractivity contribution < 1.29 is 4.79 Å². The smallest absolute Gasteiger partial charge is 0.277 e. The van der Waals surface area contributed by atoms with Crippen molar-refractivity contribution in [3.8, 4) is 23.4 Å². The van der Waals surface area contributed by atoms with Crippen LogP contribution in [0, 0.1) is 18.3 Å². The zero-order valence-corrected chi connectivity index (χ0v) is 15.3. The van der Waals surface area contributed by atoms with Crippen molar-refractivity contribution in [3.63, 3.8) is 0 Å². The molecule has 0 fully saturated rings. The Kier molecular flexibility index (Phi) is 4.53. The van der Waals surface area contributed by atoms with E-state index in [-0.39, 0.29) is 16.8 Å². The summed E-state index contributed by atoms with van der Waals surface area (Å²) in [4.78, 5) is 29.9. The number of carbonyl (C=O) groups excluding carboxylic acids is 1. The van der Waals surface area contributed by atoms with Crippen LogP contribution in [0.3, 0.4) is 0 Å². The van der Waals surface area contributed by atoms with Crippen molar-refractivity contribution in [2.75, 3.05) is 5.32 Å². The van der Waals surface area contributed by atoms with Crippen LogP contribution < -0.4 is 5.32 Å². The van der Waals surface area contributed by atoms with Crippen LogP contribution in [-0.2, 0) is 0 Å². The molecule has 4 aromatic rings. The summed E-state index contributed by atoms with van der Waals surface area (Å²) in [5, 5.41) is 19.9. The fourth-order valence-corrected chi connectivity index (χ4v) is 3.16. The first-order valence-electron chi connectivity index (χ1n) is 8.00. The van der Waals surface area contributed by atoms with Crippen LogP contribution in [-0.4, -0.2) is 40.8 Å². The van der Waals surface area contributed by atoms with Gasteiger partial charge in [0.25, 0.3) is 11.9 Å². The Balaban J connectivity index is 1.64. The first kappa shape index (κ1) is 17.4. The van der Waals surface area contributed by atoms with Gasteiger partial charge in [-0.15, -0.1) is 5.10 Å². The lowest BCUT2D eigenvalue weighted by Gasteiger charge is -2.03. The number of rotatable bonds is 4. The summed E-state index contributed by atoms with van der Waals surface area (Å²) in [5.41, 5.74) is 1.93. The summed E-state index contributed by atoms with van der Waals surface area (Å²) >= 11 is 1.06. The molecular formula is C17H11N9OS. The molecule has 0 aromatic carbocycles. The highest BCUT2D eigenvalue weighted by Crippen LogP contribution is 2.29. The molecule has 0 aliphatic heterocycles. The van der Waals surface area contributed by atoms with E-state index in [1.807, 2.05) is 19.1 Å². The lowest BCUT2D eigenvalue weighted by Crippen LogP contribution is -2.18. The molecule has 0 aliphatic rings. The number of thiazole rings is 1. The molecule has 136 valence electrons. The van der Waals surface area contributed by atoms with E-state index in [0.29, 0.717) is 16.3 Å². The molecule has 10 nitrogen and oxygen atoms in total. The van der Waals surface area contributed by atoms with Crippen molar-refractivity contribution >= 4 is 22.4 Å². The molecule has 0 unspecified atom stereocenters. The number of nitrogens with one attached hydrogen (secondary N) is 1. The van der Waals surface area contributed by atoms with E-state index in [2.05, 4.69) is 41.6 Å². The Labute approximate surface area is 162 Å². The quantitative estimate of drug-likeness (QED) is 0.560. The maximum Gasteiger partial charge on any atom is 0.277 e. The first-order chi connectivity index (χ1) is 13.7. The number of pyridine rings is 1. The minimum atomic E-state index is -0.501. The van der Waals surface area contributed by atoms with Crippen molar-refractivity contribution in [2.45, 2.75) is 6.92 Å². The van der Waals surface area contributed by atoms with Gasteiger partial charge < -0.3 is 0 Å². The molecular weight excluding hydrogens is 378 g/mol. The minimum Gasteiger partial charge on any atom is -0.296 e. The molecule has 0 saturated carbocycles. The normalized spacial score (nSPS) is 10.4. The van der Waals surface area contributed by atoms with Gasteiger partial charge in [0, 0.05) is 18.1 Å². The third-order valence-electron chi connectivity index (χ3n) is 3.60. The summed E-state index contributed by atoms with van der Waals surface area (Å²) in [7, 11) is 0. The zero-order chi connectivity index (χ0) is 19.5. The van der Waals surface area contributed by atoms with Crippen LogP contribution in [0.5, 0.6) is 0 Å². The Morgan fingerprint density at radius 3 is 2.79 bits per heavy atom. The van der Waals surface area contributed by atoms with E-state index >= 15 is 0 Å².